The van der Waals surface area contributed by atoms with Crippen LogP contribution >= 0.6 is 0 Å². The molecule has 2 aromatic heterocycles. The lowest BCUT2D eigenvalue weighted by Gasteiger charge is -2.42. The SMILES string of the molecule is Cn1nnc(-c2cc(COCC3(c4ccccc4)CCN(C(=O)OC(C)(C)C)CC3)cc(C(F)(F)F)c2)n1.Cn1nnnc1-c1cc(COCC2(c3ccccc3)CCN(C(=O)OC(C)(C)C)CC2)cc(C(F)(F)F)c1. The standard InChI is InChI=1S/2C27H32F3N5O3/c1-25(2,3)38-24(36)35-12-10-26(11-13-35,21-8-6-5-7-9-21)18-37-17-19-14-20(23-31-32-33-34(23)4)16-22(15-19)27(28,29)30;1-25(2,3)38-24(36)35-12-10-26(11-13-35,21-8-6-5-7-9-21)18-37-17-19-14-20(23-31-33-34(4)32-23)16-22(15-19)27(28,29)30/h2*5-9,14-16H,10-13,17-18H2,1-4H3. The van der Waals surface area contributed by atoms with E-state index >= 15 is 0 Å². The quantitative estimate of drug-likeness (QED) is 0.107. The van der Waals surface area contributed by atoms with E-state index in [4.69, 9.17) is 18.9 Å². The number of benzene rings is 4. The van der Waals surface area contributed by atoms with Crippen molar-refractivity contribution in [2.75, 3.05) is 39.4 Å². The minimum atomic E-state index is -4.53. The number of rotatable bonds is 12. The van der Waals surface area contributed by atoms with Crippen LogP contribution in [0.4, 0.5) is 35.9 Å². The van der Waals surface area contributed by atoms with Crippen molar-refractivity contribution < 1.29 is 54.9 Å². The Morgan fingerprint density at radius 3 is 1.36 bits per heavy atom. The monoisotopic (exact) mass is 1060 g/mol. The summed E-state index contributed by atoms with van der Waals surface area (Å²) < 4.78 is 106. The summed E-state index contributed by atoms with van der Waals surface area (Å²) in [6.07, 6.45) is -7.24. The smallest absolute Gasteiger partial charge is 0.416 e. The van der Waals surface area contributed by atoms with Crippen molar-refractivity contribution in [3.63, 3.8) is 0 Å². The van der Waals surface area contributed by atoms with E-state index in [-0.39, 0.29) is 61.4 Å². The van der Waals surface area contributed by atoms with Gasteiger partial charge in [0.15, 0.2) is 5.82 Å². The molecule has 6 aromatic rings. The fourth-order valence-corrected chi connectivity index (χ4v) is 9.24. The van der Waals surface area contributed by atoms with Crippen molar-refractivity contribution in [1.29, 1.82) is 0 Å². The van der Waals surface area contributed by atoms with E-state index < -0.39 is 45.5 Å². The molecule has 0 atom stereocenters. The van der Waals surface area contributed by atoms with E-state index in [0.29, 0.717) is 63.0 Å². The number of likely N-dealkylation sites (tertiary alicyclic amines) is 2. The van der Waals surface area contributed by atoms with E-state index in [0.717, 1.165) is 35.4 Å². The van der Waals surface area contributed by atoms with Gasteiger partial charge in [0.05, 0.1) is 44.6 Å². The molecule has 0 saturated carbocycles. The summed E-state index contributed by atoms with van der Waals surface area (Å²) in [6.45, 7) is 13.5. The summed E-state index contributed by atoms with van der Waals surface area (Å²) in [5, 5.41) is 22.7. The molecule has 0 N–H and O–H groups in total. The van der Waals surface area contributed by atoms with E-state index in [2.05, 4.69) is 30.9 Å². The maximum Gasteiger partial charge on any atom is 0.416 e. The molecule has 0 aliphatic carbocycles. The highest BCUT2D eigenvalue weighted by Crippen LogP contribution is 2.40. The van der Waals surface area contributed by atoms with Crippen LogP contribution in [0.25, 0.3) is 22.8 Å². The third-order valence-electron chi connectivity index (χ3n) is 13.1. The number of halogens is 6. The third kappa shape index (κ3) is 14.9. The first kappa shape index (κ1) is 56.8. The number of nitrogens with zero attached hydrogens (tertiary/aromatic N) is 10. The molecule has 2 amide bonds. The van der Waals surface area contributed by atoms with Crippen molar-refractivity contribution in [3.8, 4) is 22.8 Å². The fourth-order valence-electron chi connectivity index (χ4n) is 9.24. The number of ether oxygens (including phenoxy) is 4. The van der Waals surface area contributed by atoms with Gasteiger partial charge in [0.25, 0.3) is 0 Å². The van der Waals surface area contributed by atoms with Crippen molar-refractivity contribution in [2.45, 2.75) is 115 Å². The molecule has 408 valence electrons. The van der Waals surface area contributed by atoms with Crippen LogP contribution < -0.4 is 0 Å². The van der Waals surface area contributed by atoms with Crippen LogP contribution in [0.3, 0.4) is 0 Å². The van der Waals surface area contributed by atoms with Gasteiger partial charge in [0.2, 0.25) is 5.82 Å². The Bertz CT molecular complexity index is 2880. The van der Waals surface area contributed by atoms with Gasteiger partial charge in [-0.25, -0.2) is 14.3 Å². The molecular weight excluding hydrogens is 999 g/mol. The van der Waals surface area contributed by atoms with Gasteiger partial charge in [-0.15, -0.1) is 15.3 Å². The summed E-state index contributed by atoms with van der Waals surface area (Å²) in [5.41, 5.74) is -0.208. The maximum absolute atomic E-state index is 13.6. The van der Waals surface area contributed by atoms with E-state index in [1.807, 2.05) is 102 Å². The van der Waals surface area contributed by atoms with E-state index in [9.17, 15) is 35.9 Å². The summed E-state index contributed by atoms with van der Waals surface area (Å²) >= 11 is 0. The first-order chi connectivity index (χ1) is 35.7. The second kappa shape index (κ2) is 23.1. The molecular formula is C54H64F6N10O6. The Kier molecular flexibility index (Phi) is 17.3. The van der Waals surface area contributed by atoms with Gasteiger partial charge in [-0.2, -0.15) is 31.1 Å². The lowest BCUT2D eigenvalue weighted by atomic mass is 9.73. The number of amides is 2. The molecule has 2 fully saturated rings. The first-order valence-corrected chi connectivity index (χ1v) is 24.8. The number of alkyl halides is 6. The summed E-state index contributed by atoms with van der Waals surface area (Å²) in [7, 11) is 3.12. The molecule has 0 radical (unpaired) electrons. The zero-order valence-corrected chi connectivity index (χ0v) is 43.9. The minimum Gasteiger partial charge on any atom is -0.444 e. The lowest BCUT2D eigenvalue weighted by molar-refractivity contribution is -0.138. The van der Waals surface area contributed by atoms with Crippen molar-refractivity contribution in [2.24, 2.45) is 14.1 Å². The highest BCUT2D eigenvalue weighted by Gasteiger charge is 2.41. The molecule has 0 bridgehead atoms. The Morgan fingerprint density at radius 2 is 0.987 bits per heavy atom. The molecule has 2 aliphatic heterocycles. The van der Waals surface area contributed by atoms with Crippen LogP contribution in [0.1, 0.15) is 101 Å². The van der Waals surface area contributed by atoms with Gasteiger partial charge in [0.1, 0.15) is 11.2 Å². The molecule has 16 nitrogen and oxygen atoms in total. The summed E-state index contributed by atoms with van der Waals surface area (Å²) in [6, 6.07) is 27.2. The van der Waals surface area contributed by atoms with Crippen LogP contribution in [0.5, 0.6) is 0 Å². The first-order valence-electron chi connectivity index (χ1n) is 24.8. The van der Waals surface area contributed by atoms with E-state index in [1.54, 1.807) is 36.0 Å². The molecule has 4 heterocycles. The average Bonchev–Trinajstić information content (AvgIpc) is 4.01. The van der Waals surface area contributed by atoms with E-state index in [1.165, 1.54) is 9.48 Å². The number of tetrazole rings is 2. The zero-order chi connectivity index (χ0) is 55.1. The minimum absolute atomic E-state index is 0.0213. The van der Waals surface area contributed by atoms with Crippen LogP contribution in [-0.4, -0.2) is 113 Å². The van der Waals surface area contributed by atoms with Crippen LogP contribution in [0.2, 0.25) is 0 Å². The number of carbonyl (C=O) groups is 2. The molecule has 2 saturated heterocycles. The third-order valence-corrected chi connectivity index (χ3v) is 13.1. The average molecular weight is 1060 g/mol. The normalized spacial score (nSPS) is 15.9. The van der Waals surface area contributed by atoms with Gasteiger partial charge in [0, 0.05) is 55.2 Å². The van der Waals surface area contributed by atoms with Crippen molar-refractivity contribution in [3.05, 3.63) is 130 Å². The number of hydrogen-bond acceptors (Lipinski definition) is 12. The number of hydrogen-bond donors (Lipinski definition) is 0. The van der Waals surface area contributed by atoms with Crippen LogP contribution in [-0.2, 0) is 69.4 Å². The van der Waals surface area contributed by atoms with Crippen LogP contribution in [0.15, 0.2) is 97.1 Å². The molecule has 0 spiro atoms. The Morgan fingerprint density at radius 1 is 0.566 bits per heavy atom. The zero-order valence-electron chi connectivity index (χ0n) is 43.9. The van der Waals surface area contributed by atoms with Gasteiger partial charge in [-0.1, -0.05) is 60.7 Å². The Hall–Kier alpha value is -6.94. The van der Waals surface area contributed by atoms with Gasteiger partial charge >= 0.3 is 24.5 Å². The number of aromatic nitrogens is 8. The maximum atomic E-state index is 13.6. The second-order valence-electron chi connectivity index (χ2n) is 21.3. The predicted octanol–water partition coefficient (Wildman–Crippen LogP) is 10.8. The Labute approximate surface area is 437 Å². The molecule has 22 heteroatoms. The molecule has 4 aromatic carbocycles. The molecule has 2 aliphatic rings. The van der Waals surface area contributed by atoms with Gasteiger partial charge < -0.3 is 28.7 Å². The van der Waals surface area contributed by atoms with Crippen molar-refractivity contribution >= 4 is 12.2 Å². The number of aryl methyl sites for hydroxylation is 2. The van der Waals surface area contributed by atoms with Gasteiger partial charge in [-0.05, 0) is 142 Å². The number of piperidine rings is 2. The molecule has 76 heavy (non-hydrogen) atoms. The topological polar surface area (TPSA) is 165 Å². The largest absolute Gasteiger partial charge is 0.444 e. The van der Waals surface area contributed by atoms with Crippen LogP contribution in [0, 0.1) is 0 Å². The predicted molar refractivity (Wildman–Crippen MR) is 268 cm³/mol. The number of carbonyl (C=O) groups excluding carboxylic acids is 2. The highest BCUT2D eigenvalue weighted by atomic mass is 19.4. The Balaban J connectivity index is 0.000000221. The molecule has 8 rings (SSSR count). The molecule has 0 unspecified atom stereocenters. The summed E-state index contributed by atoms with van der Waals surface area (Å²) in [5.74, 6) is 0.336. The lowest BCUT2D eigenvalue weighted by Crippen LogP contribution is -2.48. The summed E-state index contributed by atoms with van der Waals surface area (Å²) in [4.78, 5) is 29.8. The second-order valence-corrected chi connectivity index (χ2v) is 21.3. The van der Waals surface area contributed by atoms with Crippen molar-refractivity contribution in [1.82, 2.24) is 50.2 Å². The van der Waals surface area contributed by atoms with Gasteiger partial charge in [-0.3, -0.25) is 0 Å². The highest BCUT2D eigenvalue weighted by molar-refractivity contribution is 5.69. The fraction of sp³-hybridized carbons (Fsp3) is 0.481.